The summed E-state index contributed by atoms with van der Waals surface area (Å²) in [5.41, 5.74) is 6.54. The molecule has 0 heterocycles. The molecule has 0 amide bonds. The molecule has 0 aliphatic heterocycles. The lowest BCUT2D eigenvalue weighted by atomic mass is 9.94. The van der Waals surface area contributed by atoms with E-state index in [1.165, 1.54) is 0 Å². The zero-order valence-corrected chi connectivity index (χ0v) is 10.3. The zero-order valence-electron chi connectivity index (χ0n) is 8.74. The zero-order chi connectivity index (χ0) is 11.6. The summed E-state index contributed by atoms with van der Waals surface area (Å²) in [6.45, 7) is 3.80. The van der Waals surface area contributed by atoms with Gasteiger partial charge >= 0.3 is 0 Å². The average molecular weight is 248 g/mol. The van der Waals surface area contributed by atoms with E-state index >= 15 is 0 Å². The van der Waals surface area contributed by atoms with Gasteiger partial charge in [-0.05, 0) is 18.1 Å². The van der Waals surface area contributed by atoms with Crippen LogP contribution in [-0.4, -0.2) is 11.2 Å². The summed E-state index contributed by atoms with van der Waals surface area (Å²) in [6, 6.07) is 4.64. The number of hydrogen-bond acceptors (Lipinski definition) is 2. The van der Waals surface area contributed by atoms with Gasteiger partial charge in [-0.25, -0.2) is 0 Å². The summed E-state index contributed by atoms with van der Waals surface area (Å²) < 4.78 is 0. The third-order valence-corrected chi connectivity index (χ3v) is 3.04. The van der Waals surface area contributed by atoms with Gasteiger partial charge < -0.3 is 10.8 Å². The van der Waals surface area contributed by atoms with Gasteiger partial charge in [-0.2, -0.15) is 0 Å². The predicted molar refractivity (Wildman–Crippen MR) is 64.2 cm³/mol. The molecule has 0 aliphatic carbocycles. The molecule has 0 aliphatic rings. The first-order valence-corrected chi connectivity index (χ1v) is 5.58. The van der Waals surface area contributed by atoms with Crippen molar-refractivity contribution >= 4 is 23.2 Å². The van der Waals surface area contributed by atoms with Crippen LogP contribution in [0.15, 0.2) is 18.2 Å². The number of aliphatic hydroxyl groups excluding tert-OH is 1. The second-order valence-corrected chi connectivity index (χ2v) is 4.71. The molecular weight excluding hydrogens is 233 g/mol. The van der Waals surface area contributed by atoms with E-state index in [0.29, 0.717) is 15.6 Å². The van der Waals surface area contributed by atoms with Gasteiger partial charge in [0.1, 0.15) is 0 Å². The monoisotopic (exact) mass is 247 g/mol. The second-order valence-electron chi connectivity index (χ2n) is 3.90. The Morgan fingerprint density at radius 3 is 2.07 bits per heavy atom. The lowest BCUT2D eigenvalue weighted by Crippen LogP contribution is -2.30. The smallest absolute Gasteiger partial charge is 0.0756 e. The van der Waals surface area contributed by atoms with Gasteiger partial charge in [-0.1, -0.05) is 43.1 Å². The highest BCUT2D eigenvalue weighted by Crippen LogP contribution is 2.32. The van der Waals surface area contributed by atoms with E-state index in [-0.39, 0.29) is 5.92 Å². The Morgan fingerprint density at radius 1 is 1.20 bits per heavy atom. The predicted octanol–water partition coefficient (Wildman–Crippen LogP) is 3.01. The highest BCUT2D eigenvalue weighted by Gasteiger charge is 2.23. The quantitative estimate of drug-likeness (QED) is 0.863. The van der Waals surface area contributed by atoms with Crippen molar-refractivity contribution in [2.24, 2.45) is 11.7 Å². The van der Waals surface area contributed by atoms with Crippen molar-refractivity contribution in [3.8, 4) is 0 Å². The van der Waals surface area contributed by atoms with Gasteiger partial charge in [0, 0.05) is 15.6 Å². The topological polar surface area (TPSA) is 46.2 Å². The van der Waals surface area contributed by atoms with Crippen LogP contribution in [0.4, 0.5) is 0 Å². The minimum Gasteiger partial charge on any atom is -0.391 e. The highest BCUT2D eigenvalue weighted by atomic mass is 35.5. The molecule has 0 saturated carbocycles. The molecule has 2 nitrogen and oxygen atoms in total. The third kappa shape index (κ3) is 2.85. The van der Waals surface area contributed by atoms with Gasteiger partial charge in [0.25, 0.3) is 0 Å². The van der Waals surface area contributed by atoms with Crippen molar-refractivity contribution in [3.05, 3.63) is 33.8 Å². The lowest BCUT2D eigenvalue weighted by molar-refractivity contribution is 0.0980. The second kappa shape index (κ2) is 5.17. The maximum atomic E-state index is 9.85. The van der Waals surface area contributed by atoms with E-state index in [1.807, 2.05) is 13.8 Å². The van der Waals surface area contributed by atoms with Crippen molar-refractivity contribution < 1.29 is 5.11 Å². The van der Waals surface area contributed by atoms with Crippen LogP contribution in [0.1, 0.15) is 25.5 Å². The number of halogens is 2. The van der Waals surface area contributed by atoms with Crippen molar-refractivity contribution in [2.45, 2.75) is 26.0 Å². The van der Waals surface area contributed by atoms with Crippen LogP contribution in [0.25, 0.3) is 0 Å². The summed E-state index contributed by atoms with van der Waals surface area (Å²) in [5, 5.41) is 10.8. The van der Waals surface area contributed by atoms with Gasteiger partial charge in [-0.3, -0.25) is 0 Å². The molecule has 0 aromatic heterocycles. The molecule has 0 unspecified atom stereocenters. The molecule has 1 aromatic carbocycles. The number of nitrogens with two attached hydrogens (primary N) is 1. The molecule has 0 spiro atoms. The minimum absolute atomic E-state index is 0.0624. The van der Waals surface area contributed by atoms with Crippen LogP contribution in [0.2, 0.25) is 10.0 Å². The fraction of sp³-hybridized carbons (Fsp3) is 0.455. The van der Waals surface area contributed by atoms with Crippen LogP contribution in [0.3, 0.4) is 0 Å². The normalized spacial score (nSPS) is 15.4. The molecular formula is C11H15Cl2NO. The Bertz CT molecular complexity index is 321. The summed E-state index contributed by atoms with van der Waals surface area (Å²) >= 11 is 12.0. The molecule has 0 saturated heterocycles. The Balaban J connectivity index is 3.05. The standard InChI is InChI=1S/C11H15Cl2NO/c1-6(2)11(15)10(14)9-7(12)4-3-5-8(9)13/h3-6,10-11,15H,14H2,1-2H3/t10-,11+/m0/s1. The van der Waals surface area contributed by atoms with E-state index < -0.39 is 12.1 Å². The van der Waals surface area contributed by atoms with Crippen LogP contribution >= 0.6 is 23.2 Å². The van der Waals surface area contributed by atoms with Crippen molar-refractivity contribution in [1.29, 1.82) is 0 Å². The van der Waals surface area contributed by atoms with Crippen LogP contribution < -0.4 is 5.73 Å². The first kappa shape index (κ1) is 12.8. The maximum Gasteiger partial charge on any atom is 0.0756 e. The van der Waals surface area contributed by atoms with E-state index in [2.05, 4.69) is 0 Å². The maximum absolute atomic E-state index is 9.85. The van der Waals surface area contributed by atoms with Crippen molar-refractivity contribution in [2.75, 3.05) is 0 Å². The van der Waals surface area contributed by atoms with Gasteiger partial charge in [0.05, 0.1) is 12.1 Å². The molecule has 3 N–H and O–H groups in total. The molecule has 0 fully saturated rings. The number of hydrogen-bond donors (Lipinski definition) is 2. The first-order chi connectivity index (χ1) is 6.95. The molecule has 2 atom stereocenters. The summed E-state index contributed by atoms with van der Waals surface area (Å²) in [4.78, 5) is 0. The van der Waals surface area contributed by atoms with Crippen LogP contribution in [-0.2, 0) is 0 Å². The van der Waals surface area contributed by atoms with Gasteiger partial charge in [0.15, 0.2) is 0 Å². The van der Waals surface area contributed by atoms with E-state index in [9.17, 15) is 5.11 Å². The minimum atomic E-state index is -0.651. The number of rotatable bonds is 3. The lowest BCUT2D eigenvalue weighted by Gasteiger charge is -2.24. The fourth-order valence-corrected chi connectivity index (χ4v) is 2.06. The largest absolute Gasteiger partial charge is 0.391 e. The first-order valence-electron chi connectivity index (χ1n) is 4.82. The summed E-state index contributed by atoms with van der Waals surface area (Å²) in [7, 11) is 0. The molecule has 0 bridgehead atoms. The highest BCUT2D eigenvalue weighted by molar-refractivity contribution is 6.36. The van der Waals surface area contributed by atoms with Crippen molar-refractivity contribution in [1.82, 2.24) is 0 Å². The Morgan fingerprint density at radius 2 is 1.67 bits per heavy atom. The molecule has 15 heavy (non-hydrogen) atoms. The van der Waals surface area contributed by atoms with Gasteiger partial charge in [0.2, 0.25) is 0 Å². The molecule has 0 radical (unpaired) electrons. The van der Waals surface area contributed by atoms with E-state index in [0.717, 1.165) is 0 Å². The average Bonchev–Trinajstić information content (AvgIpc) is 2.15. The Hall–Kier alpha value is -0.280. The molecule has 84 valence electrons. The van der Waals surface area contributed by atoms with Crippen LogP contribution in [0, 0.1) is 5.92 Å². The molecule has 4 heteroatoms. The van der Waals surface area contributed by atoms with E-state index in [1.54, 1.807) is 18.2 Å². The van der Waals surface area contributed by atoms with Gasteiger partial charge in [-0.15, -0.1) is 0 Å². The summed E-state index contributed by atoms with van der Waals surface area (Å²) in [6.07, 6.45) is -0.651. The number of benzene rings is 1. The molecule has 1 rings (SSSR count). The Kier molecular flexibility index (Phi) is 4.41. The van der Waals surface area contributed by atoms with E-state index in [4.69, 9.17) is 28.9 Å². The molecule has 1 aromatic rings. The third-order valence-electron chi connectivity index (χ3n) is 2.38. The SMILES string of the molecule is CC(C)[C@@H](O)[C@@H](N)c1c(Cl)cccc1Cl. The summed E-state index contributed by atoms with van der Waals surface area (Å²) in [5.74, 6) is 0.0624. The van der Waals surface area contributed by atoms with Crippen LogP contribution in [0.5, 0.6) is 0 Å². The van der Waals surface area contributed by atoms with Crippen molar-refractivity contribution in [3.63, 3.8) is 0 Å². The number of aliphatic hydroxyl groups is 1. The fourth-order valence-electron chi connectivity index (χ4n) is 1.41. The Labute approximate surface area is 100.0 Å².